The minimum atomic E-state index is -3.43. The summed E-state index contributed by atoms with van der Waals surface area (Å²) in [5.74, 6) is 0.178. The fraction of sp³-hybridized carbons (Fsp3) is 0.533. The van der Waals surface area contributed by atoms with Gasteiger partial charge in [-0.3, -0.25) is 0 Å². The lowest BCUT2D eigenvalue weighted by atomic mass is 9.96. The Morgan fingerprint density at radius 1 is 1.25 bits per heavy atom. The maximum atomic E-state index is 12.2. The fourth-order valence-electron chi connectivity index (χ4n) is 2.38. The van der Waals surface area contributed by atoms with Crippen LogP contribution in [0.3, 0.4) is 0 Å². The maximum Gasteiger partial charge on any atom is 0.216 e. The van der Waals surface area contributed by atoms with Crippen LogP contribution in [-0.4, -0.2) is 14.5 Å². The van der Waals surface area contributed by atoms with E-state index < -0.39 is 10.0 Å². The molecule has 0 saturated heterocycles. The number of hydrogen-bond acceptors (Lipinski definition) is 3. The van der Waals surface area contributed by atoms with Crippen LogP contribution in [-0.2, 0) is 15.8 Å². The summed E-state index contributed by atoms with van der Waals surface area (Å²) in [6.45, 7) is 6.01. The Balaban J connectivity index is 2.83. The van der Waals surface area contributed by atoms with E-state index in [0.29, 0.717) is 17.0 Å². The normalized spacial score (nSPS) is 13.2. The second-order valence-electron chi connectivity index (χ2n) is 5.01. The first-order valence-electron chi connectivity index (χ1n) is 6.91. The predicted octanol–water partition coefficient (Wildman–Crippen LogP) is 2.80. The molecule has 20 heavy (non-hydrogen) atoms. The predicted molar refractivity (Wildman–Crippen MR) is 80.5 cm³/mol. The molecule has 0 bridgehead atoms. The minimum Gasteiger partial charge on any atom is -0.212 e. The molecular weight excluding hydrogens is 272 g/mol. The fourth-order valence-corrected chi connectivity index (χ4v) is 3.88. The second kappa shape index (κ2) is 7.41. The first-order valence-corrected chi connectivity index (χ1v) is 8.56. The maximum absolute atomic E-state index is 12.2. The van der Waals surface area contributed by atoms with Gasteiger partial charge >= 0.3 is 0 Å². The van der Waals surface area contributed by atoms with E-state index in [1.807, 2.05) is 13.0 Å². The van der Waals surface area contributed by atoms with Gasteiger partial charge in [-0.05, 0) is 24.5 Å². The molecule has 1 aromatic carbocycles. The van der Waals surface area contributed by atoms with Crippen LogP contribution in [0.4, 0.5) is 0 Å². The Kier molecular flexibility index (Phi) is 6.18. The lowest BCUT2D eigenvalue weighted by Crippen LogP contribution is -2.38. The third-order valence-corrected chi connectivity index (χ3v) is 5.03. The zero-order valence-corrected chi connectivity index (χ0v) is 13.1. The molecule has 1 rings (SSSR count). The van der Waals surface area contributed by atoms with Gasteiger partial charge in [0, 0.05) is 6.04 Å². The number of nitriles is 1. The standard InChI is InChI=1S/C15H22N2O2S/c1-4-13(5-2)12(3)17-20(18,19)11-15-9-7-6-8-14(15)10-16/h6-9,12-13,17H,4-5,11H2,1-3H3. The summed E-state index contributed by atoms with van der Waals surface area (Å²) < 4.78 is 27.1. The SMILES string of the molecule is CCC(CC)C(C)NS(=O)(=O)Cc1ccccc1C#N. The highest BCUT2D eigenvalue weighted by Gasteiger charge is 2.21. The van der Waals surface area contributed by atoms with Crippen LogP contribution >= 0.6 is 0 Å². The molecule has 0 aromatic heterocycles. The van der Waals surface area contributed by atoms with Crippen molar-refractivity contribution in [2.24, 2.45) is 5.92 Å². The van der Waals surface area contributed by atoms with Crippen LogP contribution in [0.1, 0.15) is 44.7 Å². The molecule has 1 atom stereocenters. The van der Waals surface area contributed by atoms with E-state index in [-0.39, 0.29) is 11.8 Å². The Labute approximate surface area is 121 Å². The van der Waals surface area contributed by atoms with Crippen molar-refractivity contribution in [2.75, 3.05) is 0 Å². The largest absolute Gasteiger partial charge is 0.216 e. The highest BCUT2D eigenvalue weighted by atomic mass is 32.2. The molecule has 1 aromatic rings. The van der Waals surface area contributed by atoms with Crippen LogP contribution in [0, 0.1) is 17.2 Å². The number of benzene rings is 1. The van der Waals surface area contributed by atoms with Crippen LogP contribution in [0.15, 0.2) is 24.3 Å². The number of rotatable bonds is 7. The van der Waals surface area contributed by atoms with Gasteiger partial charge in [-0.2, -0.15) is 5.26 Å². The smallest absolute Gasteiger partial charge is 0.212 e. The third-order valence-electron chi connectivity index (χ3n) is 3.60. The highest BCUT2D eigenvalue weighted by Crippen LogP contribution is 2.16. The molecule has 1 N–H and O–H groups in total. The van der Waals surface area contributed by atoms with Crippen molar-refractivity contribution in [1.82, 2.24) is 4.72 Å². The van der Waals surface area contributed by atoms with Crippen LogP contribution in [0.2, 0.25) is 0 Å². The summed E-state index contributed by atoms with van der Waals surface area (Å²) in [5.41, 5.74) is 0.951. The van der Waals surface area contributed by atoms with Crippen molar-refractivity contribution >= 4 is 10.0 Å². The Bertz CT molecular complexity index is 572. The van der Waals surface area contributed by atoms with E-state index >= 15 is 0 Å². The molecule has 110 valence electrons. The van der Waals surface area contributed by atoms with E-state index in [9.17, 15) is 8.42 Å². The Morgan fingerprint density at radius 2 is 1.85 bits per heavy atom. The van der Waals surface area contributed by atoms with Gasteiger partial charge in [-0.1, -0.05) is 44.9 Å². The van der Waals surface area contributed by atoms with Gasteiger partial charge in [0.05, 0.1) is 17.4 Å². The van der Waals surface area contributed by atoms with E-state index in [0.717, 1.165) is 12.8 Å². The highest BCUT2D eigenvalue weighted by molar-refractivity contribution is 7.88. The van der Waals surface area contributed by atoms with Gasteiger partial charge in [0.25, 0.3) is 0 Å². The first kappa shape index (κ1) is 16.7. The molecule has 0 aliphatic carbocycles. The van der Waals surface area contributed by atoms with Crippen LogP contribution < -0.4 is 4.72 Å². The van der Waals surface area contributed by atoms with Gasteiger partial charge in [0.15, 0.2) is 0 Å². The van der Waals surface area contributed by atoms with Crippen molar-refractivity contribution in [3.05, 3.63) is 35.4 Å². The van der Waals surface area contributed by atoms with Gasteiger partial charge in [0.2, 0.25) is 10.0 Å². The molecule has 0 aliphatic heterocycles. The zero-order chi connectivity index (χ0) is 15.2. The zero-order valence-electron chi connectivity index (χ0n) is 12.3. The average Bonchev–Trinajstić information content (AvgIpc) is 2.39. The number of nitrogens with one attached hydrogen (secondary N) is 1. The Hall–Kier alpha value is -1.38. The summed E-state index contributed by atoms with van der Waals surface area (Å²) in [6.07, 6.45) is 1.88. The summed E-state index contributed by atoms with van der Waals surface area (Å²) in [5, 5.41) is 9.00. The molecule has 4 nitrogen and oxygen atoms in total. The van der Waals surface area contributed by atoms with E-state index in [2.05, 4.69) is 18.6 Å². The minimum absolute atomic E-state index is 0.0933. The van der Waals surface area contributed by atoms with Crippen molar-refractivity contribution < 1.29 is 8.42 Å². The summed E-state index contributed by atoms with van der Waals surface area (Å²) in [7, 11) is -3.43. The van der Waals surface area contributed by atoms with E-state index in [4.69, 9.17) is 5.26 Å². The third kappa shape index (κ3) is 4.62. The molecule has 0 saturated carbocycles. The van der Waals surface area contributed by atoms with Gasteiger partial charge in [-0.25, -0.2) is 13.1 Å². The first-order chi connectivity index (χ1) is 9.43. The van der Waals surface area contributed by atoms with E-state index in [1.165, 1.54) is 0 Å². The second-order valence-corrected chi connectivity index (χ2v) is 6.77. The quantitative estimate of drug-likeness (QED) is 0.840. The summed E-state index contributed by atoms with van der Waals surface area (Å²) >= 11 is 0. The average molecular weight is 294 g/mol. The van der Waals surface area contributed by atoms with Crippen molar-refractivity contribution in [3.8, 4) is 6.07 Å². The molecule has 0 fully saturated rings. The molecule has 0 amide bonds. The van der Waals surface area contributed by atoms with Crippen molar-refractivity contribution in [2.45, 2.75) is 45.4 Å². The molecular formula is C15H22N2O2S. The number of sulfonamides is 1. The molecule has 0 radical (unpaired) electrons. The lowest BCUT2D eigenvalue weighted by molar-refractivity contribution is 0.390. The molecule has 0 aliphatic rings. The van der Waals surface area contributed by atoms with Gasteiger partial charge in [-0.15, -0.1) is 0 Å². The molecule has 1 unspecified atom stereocenters. The monoisotopic (exact) mass is 294 g/mol. The van der Waals surface area contributed by atoms with Crippen molar-refractivity contribution in [1.29, 1.82) is 5.26 Å². The molecule has 0 heterocycles. The van der Waals surface area contributed by atoms with Gasteiger partial charge < -0.3 is 0 Å². The van der Waals surface area contributed by atoms with Gasteiger partial charge in [0.1, 0.15) is 0 Å². The topological polar surface area (TPSA) is 70.0 Å². The Morgan fingerprint density at radius 3 is 2.40 bits per heavy atom. The van der Waals surface area contributed by atoms with Crippen molar-refractivity contribution in [3.63, 3.8) is 0 Å². The summed E-state index contributed by atoms with van der Waals surface area (Å²) in [4.78, 5) is 0. The molecule has 5 heteroatoms. The number of nitrogens with zero attached hydrogens (tertiary/aromatic N) is 1. The number of hydrogen-bond donors (Lipinski definition) is 1. The van der Waals surface area contributed by atoms with E-state index in [1.54, 1.807) is 24.3 Å². The lowest BCUT2D eigenvalue weighted by Gasteiger charge is -2.22. The molecule has 0 spiro atoms. The van der Waals surface area contributed by atoms with Crippen LogP contribution in [0.25, 0.3) is 0 Å². The van der Waals surface area contributed by atoms with Crippen LogP contribution in [0.5, 0.6) is 0 Å². The summed E-state index contributed by atoms with van der Waals surface area (Å²) in [6, 6.07) is 8.72.